The molecule has 0 atom stereocenters. The van der Waals surface area contributed by atoms with E-state index in [-0.39, 0.29) is 11.6 Å². The summed E-state index contributed by atoms with van der Waals surface area (Å²) in [6, 6.07) is 14.5. The summed E-state index contributed by atoms with van der Waals surface area (Å²) in [4.78, 5) is 27.5. The molecule has 0 bridgehead atoms. The predicted molar refractivity (Wildman–Crippen MR) is 101 cm³/mol. The molecular weight excluding hydrogens is 330 g/mol. The van der Waals surface area contributed by atoms with Crippen molar-refractivity contribution in [2.45, 2.75) is 25.8 Å². The molecule has 2 aromatic carbocycles. The topological polar surface area (TPSA) is 66.7 Å². The van der Waals surface area contributed by atoms with Crippen molar-refractivity contribution in [1.29, 1.82) is 0 Å². The Morgan fingerprint density at radius 1 is 1.12 bits per heavy atom. The molecule has 2 aromatic rings. The van der Waals surface area contributed by atoms with Crippen LogP contribution in [0.3, 0.4) is 0 Å². The summed E-state index contributed by atoms with van der Waals surface area (Å²) in [6.45, 7) is 2.10. The van der Waals surface area contributed by atoms with Crippen molar-refractivity contribution in [2.24, 2.45) is 0 Å². The lowest BCUT2D eigenvalue weighted by Crippen LogP contribution is -2.30. The molecule has 0 aromatic heterocycles. The molecule has 0 unspecified atom stereocenters. The van der Waals surface area contributed by atoms with Gasteiger partial charge in [-0.15, -0.1) is 0 Å². The number of amides is 1. The summed E-state index contributed by atoms with van der Waals surface area (Å²) in [5.41, 5.74) is 1.97. The van der Waals surface area contributed by atoms with Gasteiger partial charge in [0.2, 0.25) is 0 Å². The van der Waals surface area contributed by atoms with Crippen LogP contribution in [0.15, 0.2) is 48.5 Å². The normalized spacial score (nSPS) is 14.1. The molecule has 0 saturated carbocycles. The molecule has 6 nitrogen and oxygen atoms in total. The SMILES string of the molecule is CN(Cc1ccccc1)C(=O)c1ccc(N2CCCCC2)c([N+](=O)[O-])c1. The molecule has 136 valence electrons. The maximum absolute atomic E-state index is 12.7. The van der Waals surface area contributed by atoms with Crippen LogP contribution in [0.2, 0.25) is 0 Å². The standard InChI is InChI=1S/C20H23N3O3/c1-21(15-16-8-4-2-5-9-16)20(24)17-10-11-18(19(14-17)23(25)26)22-12-6-3-7-13-22/h2,4-5,8-11,14H,3,6-7,12-13,15H2,1H3. The molecule has 3 rings (SSSR count). The third kappa shape index (κ3) is 4.02. The van der Waals surface area contributed by atoms with Gasteiger partial charge in [-0.3, -0.25) is 14.9 Å². The molecule has 1 heterocycles. The highest BCUT2D eigenvalue weighted by atomic mass is 16.6. The van der Waals surface area contributed by atoms with Crippen LogP contribution in [0.5, 0.6) is 0 Å². The van der Waals surface area contributed by atoms with Gasteiger partial charge in [-0.2, -0.15) is 0 Å². The zero-order valence-corrected chi connectivity index (χ0v) is 14.9. The summed E-state index contributed by atoms with van der Waals surface area (Å²) in [7, 11) is 1.71. The van der Waals surface area contributed by atoms with Crippen molar-refractivity contribution >= 4 is 17.3 Å². The largest absolute Gasteiger partial charge is 0.366 e. The zero-order valence-electron chi connectivity index (χ0n) is 14.9. The average molecular weight is 353 g/mol. The molecular formula is C20H23N3O3. The molecule has 0 N–H and O–H groups in total. The van der Waals surface area contributed by atoms with E-state index in [0.717, 1.165) is 37.9 Å². The van der Waals surface area contributed by atoms with E-state index in [2.05, 4.69) is 0 Å². The Labute approximate surface area is 153 Å². The fourth-order valence-electron chi connectivity index (χ4n) is 3.35. The van der Waals surface area contributed by atoms with Crippen molar-refractivity contribution in [3.8, 4) is 0 Å². The molecule has 1 aliphatic rings. The first-order valence-electron chi connectivity index (χ1n) is 8.89. The fraction of sp³-hybridized carbons (Fsp3) is 0.350. The first-order chi connectivity index (χ1) is 12.6. The number of anilines is 1. The van der Waals surface area contributed by atoms with Crippen molar-refractivity contribution in [3.63, 3.8) is 0 Å². The van der Waals surface area contributed by atoms with Crippen LogP contribution in [0, 0.1) is 10.1 Å². The molecule has 0 aliphatic carbocycles. The van der Waals surface area contributed by atoms with Gasteiger partial charge in [0.05, 0.1) is 4.92 Å². The summed E-state index contributed by atoms with van der Waals surface area (Å²) in [6.07, 6.45) is 3.24. The highest BCUT2D eigenvalue weighted by Crippen LogP contribution is 2.31. The van der Waals surface area contributed by atoms with Crippen LogP contribution in [-0.4, -0.2) is 35.9 Å². The Hall–Kier alpha value is -2.89. The number of hydrogen-bond donors (Lipinski definition) is 0. The minimum absolute atomic E-state index is 0.00543. The van der Waals surface area contributed by atoms with E-state index in [9.17, 15) is 14.9 Å². The Morgan fingerprint density at radius 2 is 1.81 bits per heavy atom. The summed E-state index contributed by atoms with van der Waals surface area (Å²) < 4.78 is 0. The molecule has 0 radical (unpaired) electrons. The third-order valence-electron chi connectivity index (χ3n) is 4.73. The number of benzene rings is 2. The molecule has 6 heteroatoms. The molecule has 1 amide bonds. The van der Waals surface area contributed by atoms with E-state index in [0.29, 0.717) is 17.8 Å². The Balaban J connectivity index is 1.82. The quantitative estimate of drug-likeness (QED) is 0.605. The molecule has 1 aliphatic heterocycles. The second kappa shape index (κ2) is 7.99. The van der Waals surface area contributed by atoms with Crippen LogP contribution in [0.4, 0.5) is 11.4 Å². The number of nitro groups is 1. The summed E-state index contributed by atoms with van der Waals surface area (Å²) in [5, 5.41) is 11.6. The fourth-order valence-corrected chi connectivity index (χ4v) is 3.35. The van der Waals surface area contributed by atoms with E-state index < -0.39 is 4.92 Å². The predicted octanol–water partition coefficient (Wildman–Crippen LogP) is 3.86. The smallest absolute Gasteiger partial charge is 0.293 e. The van der Waals surface area contributed by atoms with Gasteiger partial charge in [-0.05, 0) is 37.0 Å². The lowest BCUT2D eigenvalue weighted by molar-refractivity contribution is -0.384. The van der Waals surface area contributed by atoms with Crippen molar-refractivity contribution in [2.75, 3.05) is 25.0 Å². The highest BCUT2D eigenvalue weighted by molar-refractivity contribution is 5.95. The molecule has 1 saturated heterocycles. The number of carbonyl (C=O) groups excluding carboxylic acids is 1. The average Bonchev–Trinajstić information content (AvgIpc) is 2.68. The molecule has 26 heavy (non-hydrogen) atoms. The number of nitro benzene ring substituents is 1. The zero-order chi connectivity index (χ0) is 18.5. The van der Waals surface area contributed by atoms with Gasteiger partial charge in [0.15, 0.2) is 0 Å². The van der Waals surface area contributed by atoms with Crippen LogP contribution >= 0.6 is 0 Å². The Kier molecular flexibility index (Phi) is 5.51. The molecule has 0 spiro atoms. The maximum atomic E-state index is 12.7. The lowest BCUT2D eigenvalue weighted by atomic mass is 10.1. The maximum Gasteiger partial charge on any atom is 0.293 e. The lowest BCUT2D eigenvalue weighted by Gasteiger charge is -2.28. The van der Waals surface area contributed by atoms with E-state index in [1.165, 1.54) is 6.07 Å². The second-order valence-corrected chi connectivity index (χ2v) is 6.66. The first kappa shape index (κ1) is 17.9. The van der Waals surface area contributed by atoms with Gasteiger partial charge in [0, 0.05) is 38.3 Å². The number of carbonyl (C=O) groups is 1. The number of piperidine rings is 1. The van der Waals surface area contributed by atoms with Crippen molar-refractivity contribution in [1.82, 2.24) is 4.90 Å². The van der Waals surface area contributed by atoms with Gasteiger partial charge < -0.3 is 9.80 Å². The van der Waals surface area contributed by atoms with E-state index in [1.807, 2.05) is 35.2 Å². The number of rotatable bonds is 5. The van der Waals surface area contributed by atoms with Crippen LogP contribution in [0.25, 0.3) is 0 Å². The minimum atomic E-state index is -0.391. The van der Waals surface area contributed by atoms with Crippen LogP contribution in [0.1, 0.15) is 35.2 Å². The summed E-state index contributed by atoms with van der Waals surface area (Å²) >= 11 is 0. The van der Waals surface area contributed by atoms with Crippen LogP contribution < -0.4 is 4.90 Å². The highest BCUT2D eigenvalue weighted by Gasteiger charge is 2.24. The van der Waals surface area contributed by atoms with E-state index >= 15 is 0 Å². The number of hydrogen-bond acceptors (Lipinski definition) is 4. The molecule has 1 fully saturated rings. The van der Waals surface area contributed by atoms with Gasteiger partial charge in [-0.25, -0.2) is 0 Å². The van der Waals surface area contributed by atoms with E-state index in [4.69, 9.17) is 0 Å². The van der Waals surface area contributed by atoms with Gasteiger partial charge in [-0.1, -0.05) is 30.3 Å². The minimum Gasteiger partial charge on any atom is -0.366 e. The first-order valence-corrected chi connectivity index (χ1v) is 8.89. The van der Waals surface area contributed by atoms with E-state index in [1.54, 1.807) is 24.1 Å². The van der Waals surface area contributed by atoms with Gasteiger partial charge in [0.1, 0.15) is 5.69 Å². The van der Waals surface area contributed by atoms with Gasteiger partial charge in [0.25, 0.3) is 11.6 Å². The van der Waals surface area contributed by atoms with Crippen LogP contribution in [-0.2, 0) is 6.54 Å². The summed E-state index contributed by atoms with van der Waals surface area (Å²) in [5.74, 6) is -0.220. The van der Waals surface area contributed by atoms with Crippen molar-refractivity contribution in [3.05, 3.63) is 69.8 Å². The Bertz CT molecular complexity index is 786. The van der Waals surface area contributed by atoms with Gasteiger partial charge >= 0.3 is 0 Å². The third-order valence-corrected chi connectivity index (χ3v) is 4.73. The monoisotopic (exact) mass is 353 g/mol. The second-order valence-electron chi connectivity index (χ2n) is 6.66. The Morgan fingerprint density at radius 3 is 2.46 bits per heavy atom. The van der Waals surface area contributed by atoms with Crippen molar-refractivity contribution < 1.29 is 9.72 Å². The number of nitrogens with zero attached hydrogens (tertiary/aromatic N) is 3.